The molecule has 2 heterocycles. The summed E-state index contributed by atoms with van der Waals surface area (Å²) in [6.45, 7) is 17.0. The van der Waals surface area contributed by atoms with Crippen LogP contribution in [0.5, 0.6) is 0 Å². The first-order valence-corrected chi connectivity index (χ1v) is 13.4. The van der Waals surface area contributed by atoms with Crippen molar-refractivity contribution in [3.05, 3.63) is 88.5 Å². The van der Waals surface area contributed by atoms with Gasteiger partial charge >= 0.3 is 0 Å². The highest BCUT2D eigenvalue weighted by Gasteiger charge is 2.25. The quantitative estimate of drug-likeness (QED) is 0.215. The molecule has 1 fully saturated rings. The summed E-state index contributed by atoms with van der Waals surface area (Å²) in [5.74, 6) is 0.225. The van der Waals surface area contributed by atoms with Crippen LogP contribution in [0.1, 0.15) is 61.4 Å². The molecule has 2 rings (SSSR count). The lowest BCUT2D eigenvalue weighted by Gasteiger charge is -2.33. The van der Waals surface area contributed by atoms with Gasteiger partial charge < -0.3 is 15.5 Å². The van der Waals surface area contributed by atoms with E-state index >= 15 is 0 Å². The van der Waals surface area contributed by atoms with E-state index in [0.29, 0.717) is 24.7 Å². The molecule has 1 aliphatic rings. The van der Waals surface area contributed by atoms with E-state index in [9.17, 15) is 4.79 Å². The van der Waals surface area contributed by atoms with Crippen LogP contribution in [0.3, 0.4) is 0 Å². The molecule has 0 radical (unpaired) electrons. The van der Waals surface area contributed by atoms with Gasteiger partial charge in [0.15, 0.2) is 5.11 Å². The van der Waals surface area contributed by atoms with E-state index < -0.39 is 0 Å². The summed E-state index contributed by atoms with van der Waals surface area (Å²) in [5, 5.41) is 9.83. The summed E-state index contributed by atoms with van der Waals surface area (Å²) in [6, 6.07) is 0. The molecule has 5 nitrogen and oxygen atoms in total. The van der Waals surface area contributed by atoms with Crippen molar-refractivity contribution in [3.63, 3.8) is 0 Å². The number of thiazole rings is 1. The minimum atomic E-state index is -0.144. The Hall–Kier alpha value is -2.77. The number of carbonyl (C=O) groups is 1. The second kappa shape index (κ2) is 15.3. The molecule has 7 heteroatoms. The number of piperidine rings is 1. The zero-order chi connectivity index (χ0) is 25.6. The van der Waals surface area contributed by atoms with Crippen LogP contribution in [0.2, 0.25) is 0 Å². The average Bonchev–Trinajstić information content (AvgIpc) is 3.35. The van der Waals surface area contributed by atoms with E-state index in [-0.39, 0.29) is 5.91 Å². The van der Waals surface area contributed by atoms with Gasteiger partial charge in [0.1, 0.15) is 5.69 Å². The van der Waals surface area contributed by atoms with Crippen LogP contribution in [-0.2, 0) is 0 Å². The Kier molecular flexibility index (Phi) is 12.4. The molecular weight excluding hydrogens is 472 g/mol. The number of rotatable bonds is 11. The fraction of sp³-hybridized carbons (Fsp3) is 0.393. The van der Waals surface area contributed by atoms with Crippen LogP contribution >= 0.6 is 23.6 Å². The van der Waals surface area contributed by atoms with Gasteiger partial charge in [0, 0.05) is 37.5 Å². The Balaban J connectivity index is 1.76. The predicted molar refractivity (Wildman–Crippen MR) is 154 cm³/mol. The Morgan fingerprint density at radius 1 is 1.23 bits per heavy atom. The number of nitrogens with one attached hydrogen (secondary N) is 2. The fourth-order valence-electron chi connectivity index (χ4n) is 3.54. The van der Waals surface area contributed by atoms with Crippen LogP contribution < -0.4 is 10.6 Å². The van der Waals surface area contributed by atoms with Gasteiger partial charge in [-0.2, -0.15) is 0 Å². The highest BCUT2D eigenvalue weighted by molar-refractivity contribution is 7.80. The van der Waals surface area contributed by atoms with E-state index in [4.69, 9.17) is 12.2 Å². The number of thiocarbonyl (C=S) groups is 1. The molecule has 35 heavy (non-hydrogen) atoms. The summed E-state index contributed by atoms with van der Waals surface area (Å²) < 4.78 is 0. The van der Waals surface area contributed by atoms with Gasteiger partial charge in [-0.05, 0) is 56.5 Å². The summed E-state index contributed by atoms with van der Waals surface area (Å²) in [5.41, 5.74) is 3.62. The lowest BCUT2D eigenvalue weighted by Crippen LogP contribution is -2.44. The third kappa shape index (κ3) is 9.78. The summed E-state index contributed by atoms with van der Waals surface area (Å²) >= 11 is 7.06. The Labute approximate surface area is 220 Å². The van der Waals surface area contributed by atoms with Crippen molar-refractivity contribution < 1.29 is 4.79 Å². The van der Waals surface area contributed by atoms with Crippen molar-refractivity contribution in [2.45, 2.75) is 46.0 Å². The standard InChI is InChI=1S/C28H38N4OS2/c1-6-8-13-23(7-2)22(5)12-10-9-11-16-29-26(33)25-20-35-27(31-25)24-14-17-32(18-15-24)28(34)30-19-21(3)4/h7-13,20,24H,3,5-6,14-19H2,1-2,4H3,(H,29,33)(H,30,34)/b11-9-,12-10-,13-8-,23-7+. The van der Waals surface area contributed by atoms with Gasteiger partial charge in [-0.3, -0.25) is 4.79 Å². The van der Waals surface area contributed by atoms with Crippen molar-refractivity contribution in [2.24, 2.45) is 0 Å². The second-order valence-electron chi connectivity index (χ2n) is 8.53. The van der Waals surface area contributed by atoms with Crippen LogP contribution in [0.15, 0.2) is 77.8 Å². The van der Waals surface area contributed by atoms with E-state index in [1.165, 1.54) is 0 Å². The lowest BCUT2D eigenvalue weighted by atomic mass is 9.98. The zero-order valence-corrected chi connectivity index (χ0v) is 22.8. The van der Waals surface area contributed by atoms with E-state index in [0.717, 1.165) is 59.2 Å². The largest absolute Gasteiger partial charge is 0.359 e. The maximum absolute atomic E-state index is 12.5. The maximum atomic E-state index is 12.5. The summed E-state index contributed by atoms with van der Waals surface area (Å²) in [4.78, 5) is 19.3. The van der Waals surface area contributed by atoms with Crippen molar-refractivity contribution >= 4 is 34.6 Å². The van der Waals surface area contributed by atoms with E-state index in [1.54, 1.807) is 11.3 Å². The smallest absolute Gasteiger partial charge is 0.271 e. The van der Waals surface area contributed by atoms with Crippen LogP contribution in [0.25, 0.3) is 0 Å². The van der Waals surface area contributed by atoms with Crippen molar-refractivity contribution in [1.29, 1.82) is 0 Å². The number of aromatic nitrogens is 1. The average molecular weight is 511 g/mol. The lowest BCUT2D eigenvalue weighted by molar-refractivity contribution is 0.0953. The van der Waals surface area contributed by atoms with Crippen molar-refractivity contribution in [2.75, 3.05) is 26.2 Å². The first kappa shape index (κ1) is 28.5. The Bertz CT molecular complexity index is 1010. The van der Waals surface area contributed by atoms with Gasteiger partial charge in [-0.15, -0.1) is 11.3 Å². The zero-order valence-electron chi connectivity index (χ0n) is 21.2. The molecule has 1 aliphatic heterocycles. The molecule has 1 saturated heterocycles. The molecule has 0 spiro atoms. The Morgan fingerprint density at radius 2 is 1.97 bits per heavy atom. The number of allylic oxidation sites excluding steroid dienone is 8. The Morgan fingerprint density at radius 3 is 2.63 bits per heavy atom. The highest BCUT2D eigenvalue weighted by Crippen LogP contribution is 2.30. The molecule has 0 bridgehead atoms. The predicted octanol–water partition coefficient (Wildman–Crippen LogP) is 6.08. The van der Waals surface area contributed by atoms with Crippen LogP contribution in [0, 0.1) is 0 Å². The molecule has 0 unspecified atom stereocenters. The first-order chi connectivity index (χ1) is 16.8. The minimum Gasteiger partial charge on any atom is -0.359 e. The molecule has 188 valence electrons. The molecule has 0 atom stereocenters. The number of likely N-dealkylation sites (tertiary alicyclic amines) is 1. The number of hydrogen-bond donors (Lipinski definition) is 2. The van der Waals surface area contributed by atoms with Crippen LogP contribution in [0.4, 0.5) is 0 Å². The normalized spacial score (nSPS) is 15.3. The first-order valence-electron chi connectivity index (χ1n) is 12.1. The molecule has 0 aliphatic carbocycles. The monoisotopic (exact) mass is 510 g/mol. The highest BCUT2D eigenvalue weighted by atomic mass is 32.1. The summed E-state index contributed by atoms with van der Waals surface area (Å²) in [6.07, 6.45) is 16.9. The SMILES string of the molecule is C=C(C)CNC(=S)N1CCC(c2nc(C(=O)NC/C=C\C=C/C(=C)C(/C=C\CC)=C/C)cs2)CC1. The van der Waals surface area contributed by atoms with Gasteiger partial charge in [0.05, 0.1) is 5.01 Å². The fourth-order valence-corrected chi connectivity index (χ4v) is 4.76. The minimum absolute atomic E-state index is 0.144. The number of hydrogen-bond acceptors (Lipinski definition) is 4. The third-order valence-corrected chi connectivity index (χ3v) is 6.98. The molecule has 0 aromatic carbocycles. The van der Waals surface area contributed by atoms with Gasteiger partial charge in [0.2, 0.25) is 0 Å². The topological polar surface area (TPSA) is 57.3 Å². The molecule has 1 aromatic rings. The molecular formula is C28H38N4OS2. The second-order valence-corrected chi connectivity index (χ2v) is 9.80. The number of carbonyl (C=O) groups excluding carboxylic acids is 1. The maximum Gasteiger partial charge on any atom is 0.271 e. The third-order valence-electron chi connectivity index (χ3n) is 5.57. The molecule has 2 N–H and O–H groups in total. The van der Waals surface area contributed by atoms with Crippen LogP contribution in [-0.4, -0.2) is 47.1 Å². The number of nitrogens with zero attached hydrogens (tertiary/aromatic N) is 2. The van der Waals surface area contributed by atoms with Crippen molar-refractivity contribution in [3.8, 4) is 0 Å². The van der Waals surface area contributed by atoms with Crippen molar-refractivity contribution in [1.82, 2.24) is 20.5 Å². The van der Waals surface area contributed by atoms with Gasteiger partial charge in [-0.25, -0.2) is 4.98 Å². The van der Waals surface area contributed by atoms with E-state index in [2.05, 4.69) is 52.8 Å². The summed E-state index contributed by atoms with van der Waals surface area (Å²) in [7, 11) is 0. The van der Waals surface area contributed by atoms with Gasteiger partial charge in [-0.1, -0.05) is 68.2 Å². The molecule has 1 amide bonds. The van der Waals surface area contributed by atoms with Gasteiger partial charge in [0.25, 0.3) is 5.91 Å². The van der Waals surface area contributed by atoms with E-state index in [1.807, 2.05) is 49.6 Å². The molecule has 1 aromatic heterocycles. The number of amides is 1. The molecule has 0 saturated carbocycles.